The van der Waals surface area contributed by atoms with Gasteiger partial charge in [-0.3, -0.25) is 4.98 Å². The van der Waals surface area contributed by atoms with Gasteiger partial charge < -0.3 is 10.3 Å². The Morgan fingerprint density at radius 1 is 1.19 bits per heavy atom. The Kier molecular flexibility index (Phi) is 3.97. The van der Waals surface area contributed by atoms with Crippen LogP contribution in [0.4, 0.5) is 0 Å². The molecule has 0 aliphatic rings. The Labute approximate surface area is 124 Å². The number of imidazole rings is 1. The van der Waals surface area contributed by atoms with Crippen LogP contribution in [0.2, 0.25) is 0 Å². The van der Waals surface area contributed by atoms with Crippen molar-refractivity contribution < 1.29 is 0 Å². The summed E-state index contributed by atoms with van der Waals surface area (Å²) in [4.78, 5) is 9.13. The van der Waals surface area contributed by atoms with Crippen molar-refractivity contribution in [2.24, 2.45) is 5.73 Å². The van der Waals surface area contributed by atoms with Crippen LogP contribution >= 0.6 is 0 Å². The highest BCUT2D eigenvalue weighted by atomic mass is 15.1. The zero-order valence-corrected chi connectivity index (χ0v) is 12.2. The lowest BCUT2D eigenvalue weighted by molar-refractivity contribution is 0.595. The Morgan fingerprint density at radius 2 is 2.05 bits per heavy atom. The van der Waals surface area contributed by atoms with E-state index >= 15 is 0 Å². The van der Waals surface area contributed by atoms with Crippen molar-refractivity contribution in [2.45, 2.75) is 32.4 Å². The van der Waals surface area contributed by atoms with E-state index in [0.29, 0.717) is 0 Å². The van der Waals surface area contributed by atoms with Gasteiger partial charge in [0, 0.05) is 30.2 Å². The summed E-state index contributed by atoms with van der Waals surface area (Å²) in [5.41, 5.74) is 8.10. The smallest absolute Gasteiger partial charge is 0.110 e. The van der Waals surface area contributed by atoms with Gasteiger partial charge in [-0.05, 0) is 18.6 Å². The number of pyridine rings is 1. The van der Waals surface area contributed by atoms with Crippen LogP contribution in [0.15, 0.2) is 48.8 Å². The molecule has 21 heavy (non-hydrogen) atoms. The monoisotopic (exact) mass is 280 g/mol. The van der Waals surface area contributed by atoms with E-state index in [4.69, 9.17) is 10.7 Å². The third kappa shape index (κ3) is 3.11. The minimum atomic E-state index is 0.163. The summed E-state index contributed by atoms with van der Waals surface area (Å²) >= 11 is 0. The van der Waals surface area contributed by atoms with E-state index < -0.39 is 0 Å². The fourth-order valence-corrected chi connectivity index (χ4v) is 2.42. The van der Waals surface area contributed by atoms with E-state index in [1.807, 2.05) is 30.6 Å². The van der Waals surface area contributed by atoms with Crippen molar-refractivity contribution in [3.63, 3.8) is 0 Å². The molecule has 108 valence electrons. The molecule has 0 fully saturated rings. The van der Waals surface area contributed by atoms with Gasteiger partial charge in [0.25, 0.3) is 0 Å². The zero-order chi connectivity index (χ0) is 14.7. The molecule has 4 heteroatoms. The number of fused-ring (bicyclic) bond motifs is 1. The second-order valence-corrected chi connectivity index (χ2v) is 5.34. The van der Waals surface area contributed by atoms with E-state index in [-0.39, 0.29) is 6.04 Å². The molecule has 0 aliphatic heterocycles. The van der Waals surface area contributed by atoms with Gasteiger partial charge in [0.1, 0.15) is 5.82 Å². The minimum absolute atomic E-state index is 0.163. The van der Waals surface area contributed by atoms with E-state index in [2.05, 4.69) is 34.7 Å². The van der Waals surface area contributed by atoms with Gasteiger partial charge in [0.05, 0.1) is 17.8 Å². The van der Waals surface area contributed by atoms with Crippen molar-refractivity contribution in [1.29, 1.82) is 0 Å². The summed E-state index contributed by atoms with van der Waals surface area (Å²) in [7, 11) is 0. The van der Waals surface area contributed by atoms with Gasteiger partial charge >= 0.3 is 0 Å². The zero-order valence-electron chi connectivity index (χ0n) is 12.2. The number of aromatic nitrogens is 3. The van der Waals surface area contributed by atoms with Gasteiger partial charge in [-0.25, -0.2) is 4.98 Å². The second-order valence-electron chi connectivity index (χ2n) is 5.34. The topological polar surface area (TPSA) is 56.7 Å². The molecule has 3 aromatic rings. The van der Waals surface area contributed by atoms with Gasteiger partial charge in [-0.1, -0.05) is 31.2 Å². The van der Waals surface area contributed by atoms with Gasteiger partial charge in [-0.2, -0.15) is 0 Å². The number of nitrogens with zero attached hydrogens (tertiary/aromatic N) is 3. The molecule has 3 rings (SSSR count). The average molecular weight is 280 g/mol. The Hall–Kier alpha value is -2.20. The lowest BCUT2D eigenvalue weighted by Crippen LogP contribution is -2.23. The summed E-state index contributed by atoms with van der Waals surface area (Å²) in [5.74, 6) is 1.03. The van der Waals surface area contributed by atoms with E-state index in [0.717, 1.165) is 36.4 Å². The molecule has 2 heterocycles. The van der Waals surface area contributed by atoms with Crippen LogP contribution < -0.4 is 5.73 Å². The van der Waals surface area contributed by atoms with Crippen molar-refractivity contribution in [2.75, 3.05) is 0 Å². The van der Waals surface area contributed by atoms with Crippen LogP contribution in [0.1, 0.15) is 24.9 Å². The molecule has 0 aliphatic carbocycles. The van der Waals surface area contributed by atoms with Crippen LogP contribution in [-0.4, -0.2) is 20.6 Å². The highest BCUT2D eigenvalue weighted by molar-refractivity contribution is 5.78. The molecule has 0 amide bonds. The standard InChI is InChI=1S/C17H20N4/c1-2-14(18)11-17-19-9-10-21(17)12-15-8-7-13-5-3-4-6-16(13)20-15/h3-10,14H,2,11-12,18H2,1H3. The molecule has 1 aromatic carbocycles. The maximum Gasteiger partial charge on any atom is 0.110 e. The molecule has 0 bridgehead atoms. The molecular formula is C17H20N4. The first-order valence-corrected chi connectivity index (χ1v) is 7.36. The number of hydrogen-bond donors (Lipinski definition) is 1. The lowest BCUT2D eigenvalue weighted by atomic mass is 10.1. The quantitative estimate of drug-likeness (QED) is 0.782. The molecule has 1 unspecified atom stereocenters. The molecular weight excluding hydrogens is 260 g/mol. The van der Waals surface area contributed by atoms with E-state index in [1.54, 1.807) is 0 Å². The molecule has 2 N–H and O–H groups in total. The van der Waals surface area contributed by atoms with Crippen LogP contribution in [0.3, 0.4) is 0 Å². The number of rotatable bonds is 5. The van der Waals surface area contributed by atoms with Crippen molar-refractivity contribution in [3.8, 4) is 0 Å². The fourth-order valence-electron chi connectivity index (χ4n) is 2.42. The van der Waals surface area contributed by atoms with Crippen LogP contribution in [0.5, 0.6) is 0 Å². The summed E-state index contributed by atoms with van der Waals surface area (Å²) in [6.45, 7) is 2.83. The number of para-hydroxylation sites is 1. The number of hydrogen-bond acceptors (Lipinski definition) is 3. The van der Waals surface area contributed by atoms with Gasteiger partial charge in [0.2, 0.25) is 0 Å². The normalized spacial score (nSPS) is 12.7. The molecule has 4 nitrogen and oxygen atoms in total. The largest absolute Gasteiger partial charge is 0.329 e. The van der Waals surface area contributed by atoms with Crippen LogP contribution in [0.25, 0.3) is 10.9 Å². The predicted molar refractivity (Wildman–Crippen MR) is 85.0 cm³/mol. The van der Waals surface area contributed by atoms with Crippen LogP contribution in [-0.2, 0) is 13.0 Å². The van der Waals surface area contributed by atoms with E-state index in [9.17, 15) is 0 Å². The first kappa shape index (κ1) is 13.8. The maximum absolute atomic E-state index is 6.03. The third-order valence-electron chi connectivity index (χ3n) is 3.76. The summed E-state index contributed by atoms with van der Waals surface area (Å²) < 4.78 is 2.13. The Morgan fingerprint density at radius 3 is 2.90 bits per heavy atom. The average Bonchev–Trinajstić information content (AvgIpc) is 2.94. The fraction of sp³-hybridized carbons (Fsp3) is 0.294. The first-order chi connectivity index (χ1) is 10.3. The summed E-state index contributed by atoms with van der Waals surface area (Å²) in [6.07, 6.45) is 5.59. The first-order valence-electron chi connectivity index (χ1n) is 7.36. The number of nitrogens with two attached hydrogens (primary N) is 1. The van der Waals surface area contributed by atoms with Crippen molar-refractivity contribution in [1.82, 2.24) is 14.5 Å². The van der Waals surface area contributed by atoms with Crippen molar-refractivity contribution in [3.05, 3.63) is 60.3 Å². The molecule has 1 atom stereocenters. The molecule has 0 spiro atoms. The maximum atomic E-state index is 6.03. The molecule has 0 saturated carbocycles. The van der Waals surface area contributed by atoms with Gasteiger partial charge in [0.15, 0.2) is 0 Å². The third-order valence-corrected chi connectivity index (χ3v) is 3.76. The highest BCUT2D eigenvalue weighted by Crippen LogP contribution is 2.13. The Balaban J connectivity index is 1.83. The summed E-state index contributed by atoms with van der Waals surface area (Å²) in [5, 5.41) is 1.17. The predicted octanol–water partition coefficient (Wildman–Crippen LogP) is 2.76. The minimum Gasteiger partial charge on any atom is -0.329 e. The van der Waals surface area contributed by atoms with Gasteiger partial charge in [-0.15, -0.1) is 0 Å². The number of benzene rings is 1. The summed E-state index contributed by atoms with van der Waals surface area (Å²) in [6, 6.07) is 12.5. The Bertz CT molecular complexity index is 732. The molecule has 2 aromatic heterocycles. The molecule has 0 radical (unpaired) electrons. The second kappa shape index (κ2) is 6.06. The van der Waals surface area contributed by atoms with Crippen LogP contribution in [0, 0.1) is 0 Å². The molecule has 0 saturated heterocycles. The van der Waals surface area contributed by atoms with Crippen molar-refractivity contribution >= 4 is 10.9 Å². The lowest BCUT2D eigenvalue weighted by Gasteiger charge is -2.11. The highest BCUT2D eigenvalue weighted by Gasteiger charge is 2.08. The SMILES string of the molecule is CCC(N)Cc1nccn1Cc1ccc2ccccc2n1. The van der Waals surface area contributed by atoms with E-state index in [1.165, 1.54) is 5.39 Å².